The van der Waals surface area contributed by atoms with Crippen LogP contribution in [0, 0.1) is 0 Å². The zero-order valence-electron chi connectivity index (χ0n) is 13.2. The lowest BCUT2D eigenvalue weighted by Gasteiger charge is -2.19. The highest BCUT2D eigenvalue weighted by Crippen LogP contribution is 2.41. The Morgan fingerprint density at radius 3 is 2.65 bits per heavy atom. The Kier molecular flexibility index (Phi) is 3.50. The Labute approximate surface area is 132 Å². The maximum absolute atomic E-state index is 11.9. The predicted octanol–water partition coefficient (Wildman–Crippen LogP) is 3.75. The lowest BCUT2D eigenvalue weighted by atomic mass is 10.1. The zero-order chi connectivity index (χ0) is 16.8. The average molecular weight is 318 g/mol. The van der Waals surface area contributed by atoms with Gasteiger partial charge in [0.25, 0.3) is 0 Å². The fourth-order valence-corrected chi connectivity index (χ4v) is 2.32. The summed E-state index contributed by atoms with van der Waals surface area (Å²) in [6.07, 6.45) is 3.09. The molecular formula is C16H18N2O5. The standard InChI is InChI=1S/C16H18N2O5/c1-16(2,3)23-15(21)18-13-11(14(19)20)12-10(22-13)6-9(7-17-12)8-4-5-8/h6-8H,4-5H2,1-3H3,(H,18,21)(H,19,20). The number of carboxylic acids is 1. The van der Waals surface area contributed by atoms with Gasteiger partial charge in [0.05, 0.1) is 0 Å². The van der Waals surface area contributed by atoms with Crippen molar-refractivity contribution in [3.63, 3.8) is 0 Å². The molecule has 1 aliphatic carbocycles. The molecule has 0 atom stereocenters. The molecular weight excluding hydrogens is 300 g/mol. The number of furan rings is 1. The van der Waals surface area contributed by atoms with E-state index in [0.29, 0.717) is 11.5 Å². The van der Waals surface area contributed by atoms with Gasteiger partial charge in [-0.1, -0.05) is 0 Å². The number of fused-ring (bicyclic) bond motifs is 1. The van der Waals surface area contributed by atoms with Crippen molar-refractivity contribution in [3.8, 4) is 0 Å². The minimum absolute atomic E-state index is 0.165. The van der Waals surface area contributed by atoms with Gasteiger partial charge in [-0.15, -0.1) is 0 Å². The van der Waals surface area contributed by atoms with Crippen LogP contribution in [-0.2, 0) is 4.74 Å². The first-order valence-corrected chi connectivity index (χ1v) is 7.40. The van der Waals surface area contributed by atoms with Crippen LogP contribution in [0.15, 0.2) is 16.7 Å². The summed E-state index contributed by atoms with van der Waals surface area (Å²) in [7, 11) is 0. The van der Waals surface area contributed by atoms with Gasteiger partial charge < -0.3 is 14.3 Å². The number of aromatic carboxylic acids is 1. The quantitative estimate of drug-likeness (QED) is 0.893. The first kappa shape index (κ1) is 15.3. The van der Waals surface area contributed by atoms with Crippen molar-refractivity contribution in [3.05, 3.63) is 23.4 Å². The minimum atomic E-state index is -1.22. The van der Waals surface area contributed by atoms with Gasteiger partial charge in [0.2, 0.25) is 5.88 Å². The summed E-state index contributed by atoms with van der Waals surface area (Å²) in [6.45, 7) is 5.15. The van der Waals surface area contributed by atoms with Crippen molar-refractivity contribution in [1.82, 2.24) is 4.98 Å². The van der Waals surface area contributed by atoms with E-state index in [0.717, 1.165) is 18.4 Å². The third kappa shape index (κ3) is 3.28. The van der Waals surface area contributed by atoms with Gasteiger partial charge in [-0.3, -0.25) is 10.3 Å². The van der Waals surface area contributed by atoms with Gasteiger partial charge in [-0.05, 0) is 51.2 Å². The van der Waals surface area contributed by atoms with Crippen LogP contribution in [-0.4, -0.2) is 27.8 Å². The van der Waals surface area contributed by atoms with Gasteiger partial charge in [0, 0.05) is 6.20 Å². The number of anilines is 1. The molecule has 0 aliphatic heterocycles. The maximum Gasteiger partial charge on any atom is 0.414 e. The van der Waals surface area contributed by atoms with Crippen LogP contribution in [0.2, 0.25) is 0 Å². The zero-order valence-corrected chi connectivity index (χ0v) is 13.2. The number of nitrogens with one attached hydrogen (secondary N) is 1. The number of ether oxygens (including phenoxy) is 1. The molecule has 2 heterocycles. The topological polar surface area (TPSA) is 102 Å². The van der Waals surface area contributed by atoms with E-state index in [1.54, 1.807) is 33.0 Å². The predicted molar refractivity (Wildman–Crippen MR) is 82.8 cm³/mol. The summed E-state index contributed by atoms with van der Waals surface area (Å²) < 4.78 is 10.6. The second-order valence-electron chi connectivity index (χ2n) is 6.63. The number of carbonyl (C=O) groups excluding carboxylic acids is 1. The summed E-state index contributed by atoms with van der Waals surface area (Å²) >= 11 is 0. The van der Waals surface area contributed by atoms with Gasteiger partial charge >= 0.3 is 12.1 Å². The Bertz CT molecular complexity index is 784. The molecule has 0 saturated heterocycles. The molecule has 23 heavy (non-hydrogen) atoms. The molecule has 1 fully saturated rings. The van der Waals surface area contributed by atoms with E-state index in [2.05, 4.69) is 10.3 Å². The van der Waals surface area contributed by atoms with Crippen LogP contribution in [0.5, 0.6) is 0 Å². The third-order valence-corrected chi connectivity index (χ3v) is 3.43. The number of hydrogen-bond donors (Lipinski definition) is 2. The number of hydrogen-bond acceptors (Lipinski definition) is 5. The number of pyridine rings is 1. The third-order valence-electron chi connectivity index (χ3n) is 3.43. The highest BCUT2D eigenvalue weighted by molar-refractivity contribution is 6.07. The second kappa shape index (κ2) is 5.26. The summed E-state index contributed by atoms with van der Waals surface area (Å²) in [6, 6.07) is 1.78. The summed E-state index contributed by atoms with van der Waals surface area (Å²) in [4.78, 5) is 27.6. The van der Waals surface area contributed by atoms with Crippen LogP contribution in [0.4, 0.5) is 10.7 Å². The van der Waals surface area contributed by atoms with Crippen LogP contribution >= 0.6 is 0 Å². The van der Waals surface area contributed by atoms with Gasteiger partial charge in [-0.25, -0.2) is 9.59 Å². The van der Waals surface area contributed by atoms with Crippen molar-refractivity contribution >= 4 is 29.0 Å². The lowest BCUT2D eigenvalue weighted by Crippen LogP contribution is -2.27. The molecule has 2 N–H and O–H groups in total. The second-order valence-corrected chi connectivity index (χ2v) is 6.63. The lowest BCUT2D eigenvalue weighted by molar-refractivity contribution is 0.0633. The van der Waals surface area contributed by atoms with Crippen molar-refractivity contribution < 1.29 is 23.8 Å². The summed E-state index contributed by atoms with van der Waals surface area (Å²) in [5, 5.41) is 11.8. The minimum Gasteiger partial charge on any atom is -0.477 e. The first-order valence-electron chi connectivity index (χ1n) is 7.40. The van der Waals surface area contributed by atoms with E-state index in [9.17, 15) is 14.7 Å². The Hall–Kier alpha value is -2.57. The van der Waals surface area contributed by atoms with E-state index >= 15 is 0 Å². The number of aromatic nitrogens is 1. The molecule has 0 spiro atoms. The number of carbonyl (C=O) groups is 2. The molecule has 1 saturated carbocycles. The molecule has 122 valence electrons. The molecule has 0 unspecified atom stereocenters. The molecule has 2 aromatic heterocycles. The highest BCUT2D eigenvalue weighted by atomic mass is 16.6. The molecule has 2 aromatic rings. The van der Waals surface area contributed by atoms with Crippen LogP contribution in [0.25, 0.3) is 11.1 Å². The average Bonchev–Trinajstić information content (AvgIpc) is 3.17. The molecule has 1 aliphatic rings. The smallest absolute Gasteiger partial charge is 0.414 e. The molecule has 1 amide bonds. The van der Waals surface area contributed by atoms with Crippen LogP contribution in [0.1, 0.15) is 55.5 Å². The fraction of sp³-hybridized carbons (Fsp3) is 0.438. The largest absolute Gasteiger partial charge is 0.477 e. The van der Waals surface area contributed by atoms with Crippen molar-refractivity contribution in [2.24, 2.45) is 0 Å². The highest BCUT2D eigenvalue weighted by Gasteiger charge is 2.28. The Balaban J connectivity index is 1.96. The molecule has 0 radical (unpaired) electrons. The summed E-state index contributed by atoms with van der Waals surface area (Å²) in [5.41, 5.74) is 0.711. The SMILES string of the molecule is CC(C)(C)OC(=O)Nc1oc2cc(C3CC3)cnc2c1C(=O)O. The first-order chi connectivity index (χ1) is 10.7. The normalized spacial score (nSPS) is 14.7. The number of nitrogens with zero attached hydrogens (tertiary/aromatic N) is 1. The molecule has 0 aromatic carbocycles. The van der Waals surface area contributed by atoms with Crippen molar-refractivity contribution in [2.75, 3.05) is 5.32 Å². The molecule has 3 rings (SSSR count). The summed E-state index contributed by atoms with van der Waals surface area (Å²) in [5.74, 6) is -0.920. The van der Waals surface area contributed by atoms with E-state index in [4.69, 9.17) is 9.15 Å². The molecule has 7 heteroatoms. The van der Waals surface area contributed by atoms with E-state index in [1.165, 1.54) is 0 Å². The number of carboxylic acid groups (broad SMARTS) is 1. The van der Waals surface area contributed by atoms with Gasteiger partial charge in [0.15, 0.2) is 5.58 Å². The Morgan fingerprint density at radius 1 is 1.39 bits per heavy atom. The van der Waals surface area contributed by atoms with Gasteiger partial charge in [-0.2, -0.15) is 0 Å². The molecule has 7 nitrogen and oxygen atoms in total. The van der Waals surface area contributed by atoms with Crippen LogP contribution in [0.3, 0.4) is 0 Å². The number of amides is 1. The maximum atomic E-state index is 11.9. The number of rotatable bonds is 3. The van der Waals surface area contributed by atoms with Crippen molar-refractivity contribution in [2.45, 2.75) is 45.1 Å². The van der Waals surface area contributed by atoms with Crippen molar-refractivity contribution in [1.29, 1.82) is 0 Å². The Morgan fingerprint density at radius 2 is 2.09 bits per heavy atom. The van der Waals surface area contributed by atoms with Gasteiger partial charge in [0.1, 0.15) is 16.7 Å². The van der Waals surface area contributed by atoms with E-state index < -0.39 is 17.7 Å². The molecule has 0 bridgehead atoms. The monoisotopic (exact) mass is 318 g/mol. The van der Waals surface area contributed by atoms with E-state index in [1.807, 2.05) is 0 Å². The fourth-order valence-electron chi connectivity index (χ4n) is 2.32. The van der Waals surface area contributed by atoms with E-state index in [-0.39, 0.29) is 17.0 Å². The van der Waals surface area contributed by atoms with Crippen LogP contribution < -0.4 is 5.32 Å².